The second-order valence-electron chi connectivity index (χ2n) is 6.51. The third-order valence-electron chi connectivity index (χ3n) is 4.32. The molecule has 1 heterocycles. The molecule has 0 spiro atoms. The largest absolute Gasteiger partial charge is 0.351 e. The Kier molecular flexibility index (Phi) is 5.89. The summed E-state index contributed by atoms with van der Waals surface area (Å²) in [5, 5.41) is 7.64. The SMILES string of the molecule is Cn1nc(C(=O)NCCCS(=O)(=O)Cc2ccccc2)c2ccccc2c1=O. The van der Waals surface area contributed by atoms with E-state index < -0.39 is 15.7 Å². The fraction of sp³-hybridized carbons (Fsp3) is 0.250. The highest BCUT2D eigenvalue weighted by atomic mass is 32.2. The van der Waals surface area contributed by atoms with Crippen LogP contribution in [0.15, 0.2) is 59.4 Å². The Morgan fingerprint density at radius 2 is 1.68 bits per heavy atom. The monoisotopic (exact) mass is 399 g/mol. The molecule has 0 unspecified atom stereocenters. The number of hydrogen-bond acceptors (Lipinski definition) is 5. The highest BCUT2D eigenvalue weighted by Crippen LogP contribution is 2.13. The van der Waals surface area contributed by atoms with Gasteiger partial charge in [-0.05, 0) is 18.1 Å². The van der Waals surface area contributed by atoms with Crippen molar-refractivity contribution in [1.29, 1.82) is 0 Å². The van der Waals surface area contributed by atoms with Gasteiger partial charge in [-0.1, -0.05) is 48.5 Å². The van der Waals surface area contributed by atoms with Crippen LogP contribution >= 0.6 is 0 Å². The number of amides is 1. The first-order valence-electron chi connectivity index (χ1n) is 8.86. The number of carbonyl (C=O) groups excluding carboxylic acids is 1. The molecule has 146 valence electrons. The van der Waals surface area contributed by atoms with Crippen LogP contribution in [-0.2, 0) is 22.6 Å². The standard InChI is InChI=1S/C20H21N3O4S/c1-23-20(25)17-11-6-5-10-16(17)18(22-23)19(24)21-12-7-13-28(26,27)14-15-8-3-2-4-9-15/h2-6,8-11H,7,12-14H2,1H3,(H,21,24). The van der Waals surface area contributed by atoms with Crippen molar-refractivity contribution in [3.8, 4) is 0 Å². The smallest absolute Gasteiger partial charge is 0.274 e. The maximum absolute atomic E-state index is 12.5. The van der Waals surface area contributed by atoms with Crippen molar-refractivity contribution >= 4 is 26.5 Å². The third-order valence-corrected chi connectivity index (χ3v) is 6.00. The number of fused-ring (bicyclic) bond motifs is 1. The van der Waals surface area contributed by atoms with Crippen LogP contribution in [0, 0.1) is 0 Å². The van der Waals surface area contributed by atoms with Crippen molar-refractivity contribution < 1.29 is 13.2 Å². The van der Waals surface area contributed by atoms with E-state index in [1.54, 1.807) is 48.5 Å². The Bertz CT molecular complexity index is 1160. The van der Waals surface area contributed by atoms with Crippen LogP contribution < -0.4 is 10.9 Å². The summed E-state index contributed by atoms with van der Waals surface area (Å²) in [6.07, 6.45) is 0.296. The third kappa shape index (κ3) is 4.64. The van der Waals surface area contributed by atoms with Crippen LogP contribution in [0.1, 0.15) is 22.5 Å². The maximum Gasteiger partial charge on any atom is 0.274 e. The number of carbonyl (C=O) groups is 1. The second kappa shape index (κ2) is 8.35. The van der Waals surface area contributed by atoms with Crippen LogP contribution in [0.3, 0.4) is 0 Å². The molecule has 0 atom stereocenters. The topological polar surface area (TPSA) is 98.1 Å². The lowest BCUT2D eigenvalue weighted by atomic mass is 10.1. The Balaban J connectivity index is 1.62. The number of rotatable bonds is 7. The molecule has 1 aromatic heterocycles. The van der Waals surface area contributed by atoms with Crippen LogP contribution in [-0.4, -0.2) is 36.4 Å². The molecule has 7 nitrogen and oxygen atoms in total. The summed E-state index contributed by atoms with van der Waals surface area (Å²) >= 11 is 0. The highest BCUT2D eigenvalue weighted by molar-refractivity contribution is 7.90. The van der Waals surface area contributed by atoms with Gasteiger partial charge in [-0.3, -0.25) is 9.59 Å². The van der Waals surface area contributed by atoms with E-state index in [1.807, 2.05) is 6.07 Å². The van der Waals surface area contributed by atoms with Crippen LogP contribution in [0.2, 0.25) is 0 Å². The molecule has 0 radical (unpaired) electrons. The predicted molar refractivity (Wildman–Crippen MR) is 108 cm³/mol. The highest BCUT2D eigenvalue weighted by Gasteiger charge is 2.16. The molecule has 0 fully saturated rings. The summed E-state index contributed by atoms with van der Waals surface area (Å²) in [5.74, 6) is -0.481. The van der Waals surface area contributed by atoms with E-state index in [4.69, 9.17) is 0 Å². The molecule has 2 aromatic carbocycles. The lowest BCUT2D eigenvalue weighted by Gasteiger charge is -2.09. The number of aryl methyl sites for hydroxylation is 1. The molecular weight excluding hydrogens is 378 g/mol. The van der Waals surface area contributed by atoms with Crippen molar-refractivity contribution in [3.63, 3.8) is 0 Å². The molecule has 0 aliphatic rings. The summed E-state index contributed by atoms with van der Waals surface area (Å²) in [4.78, 5) is 24.6. The first-order valence-corrected chi connectivity index (χ1v) is 10.7. The van der Waals surface area contributed by atoms with Crippen molar-refractivity contribution in [2.24, 2.45) is 7.05 Å². The van der Waals surface area contributed by atoms with Gasteiger partial charge >= 0.3 is 0 Å². The van der Waals surface area contributed by atoms with E-state index in [1.165, 1.54) is 7.05 Å². The minimum Gasteiger partial charge on any atom is -0.351 e. The number of nitrogens with zero attached hydrogens (tertiary/aromatic N) is 2. The predicted octanol–water partition coefficient (Wildman–Crippen LogP) is 1.67. The Labute approximate surface area is 162 Å². The number of aromatic nitrogens is 2. The Hall–Kier alpha value is -3.00. The van der Waals surface area contributed by atoms with Gasteiger partial charge < -0.3 is 5.32 Å². The molecule has 3 aromatic rings. The van der Waals surface area contributed by atoms with Gasteiger partial charge in [0.05, 0.1) is 16.9 Å². The number of benzene rings is 2. The normalized spacial score (nSPS) is 11.5. The minimum absolute atomic E-state index is 0.0191. The molecule has 8 heteroatoms. The summed E-state index contributed by atoms with van der Waals surface area (Å²) in [6.45, 7) is 0.200. The summed E-state index contributed by atoms with van der Waals surface area (Å²) in [5.41, 5.74) is 0.608. The number of nitrogens with one attached hydrogen (secondary N) is 1. The van der Waals surface area contributed by atoms with Crippen molar-refractivity contribution in [3.05, 3.63) is 76.2 Å². The molecule has 0 saturated carbocycles. The van der Waals surface area contributed by atoms with E-state index in [0.29, 0.717) is 17.2 Å². The van der Waals surface area contributed by atoms with Gasteiger partial charge in [0, 0.05) is 19.0 Å². The van der Waals surface area contributed by atoms with Gasteiger partial charge in [0.2, 0.25) is 0 Å². The second-order valence-corrected chi connectivity index (χ2v) is 8.69. The fourth-order valence-electron chi connectivity index (χ4n) is 2.95. The number of sulfone groups is 1. The van der Waals surface area contributed by atoms with Crippen LogP contribution in [0.5, 0.6) is 0 Å². The van der Waals surface area contributed by atoms with E-state index in [2.05, 4.69) is 10.4 Å². The maximum atomic E-state index is 12.5. The molecule has 3 rings (SSSR count). The minimum atomic E-state index is -3.26. The molecular formula is C20H21N3O4S. The molecule has 1 N–H and O–H groups in total. The van der Waals surface area contributed by atoms with Crippen LogP contribution in [0.25, 0.3) is 10.8 Å². The van der Waals surface area contributed by atoms with Gasteiger partial charge in [0.1, 0.15) is 0 Å². The molecule has 0 saturated heterocycles. The molecule has 0 aliphatic carbocycles. The van der Waals surface area contributed by atoms with Gasteiger partial charge in [-0.2, -0.15) is 5.10 Å². The van der Waals surface area contributed by atoms with Gasteiger partial charge in [0.25, 0.3) is 11.5 Å². The summed E-state index contributed by atoms with van der Waals surface area (Å²) in [6, 6.07) is 15.8. The van der Waals surface area contributed by atoms with Gasteiger partial charge in [-0.25, -0.2) is 13.1 Å². The van der Waals surface area contributed by atoms with E-state index in [0.717, 1.165) is 10.2 Å². The van der Waals surface area contributed by atoms with E-state index in [-0.39, 0.29) is 29.3 Å². The zero-order valence-corrected chi connectivity index (χ0v) is 16.3. The molecule has 1 amide bonds. The Morgan fingerprint density at radius 3 is 2.39 bits per heavy atom. The van der Waals surface area contributed by atoms with Gasteiger partial charge in [0.15, 0.2) is 15.5 Å². The average molecular weight is 399 g/mol. The summed E-state index contributed by atoms with van der Waals surface area (Å²) in [7, 11) is -1.77. The van der Waals surface area contributed by atoms with E-state index in [9.17, 15) is 18.0 Å². The van der Waals surface area contributed by atoms with Gasteiger partial charge in [-0.15, -0.1) is 0 Å². The molecule has 0 aliphatic heterocycles. The zero-order chi connectivity index (χ0) is 20.1. The fourth-order valence-corrected chi connectivity index (χ4v) is 4.37. The first-order chi connectivity index (χ1) is 13.4. The molecule has 28 heavy (non-hydrogen) atoms. The summed E-state index contributed by atoms with van der Waals surface area (Å²) < 4.78 is 25.5. The zero-order valence-electron chi connectivity index (χ0n) is 15.5. The van der Waals surface area contributed by atoms with Crippen LogP contribution in [0.4, 0.5) is 0 Å². The Morgan fingerprint density at radius 1 is 1.04 bits per heavy atom. The lowest BCUT2D eigenvalue weighted by Crippen LogP contribution is -2.30. The lowest BCUT2D eigenvalue weighted by molar-refractivity contribution is 0.0948. The van der Waals surface area contributed by atoms with Crippen molar-refractivity contribution in [2.45, 2.75) is 12.2 Å². The van der Waals surface area contributed by atoms with E-state index >= 15 is 0 Å². The quantitative estimate of drug-likeness (QED) is 0.610. The number of hydrogen-bond donors (Lipinski definition) is 1. The van der Waals surface area contributed by atoms with Crippen molar-refractivity contribution in [2.75, 3.05) is 12.3 Å². The average Bonchev–Trinajstić information content (AvgIpc) is 2.68. The molecule has 0 bridgehead atoms. The van der Waals surface area contributed by atoms with Crippen molar-refractivity contribution in [1.82, 2.24) is 15.1 Å². The first kappa shape index (κ1) is 19.8.